The molecule has 19 heavy (non-hydrogen) atoms. The molecule has 1 fully saturated rings. The Kier molecular flexibility index (Phi) is 4.50. The van der Waals surface area contributed by atoms with Gasteiger partial charge < -0.3 is 10.2 Å². The second-order valence-corrected chi connectivity index (χ2v) is 6.66. The van der Waals surface area contributed by atoms with Gasteiger partial charge in [-0.25, -0.2) is 4.79 Å². The van der Waals surface area contributed by atoms with Gasteiger partial charge in [0.15, 0.2) is 0 Å². The second kappa shape index (κ2) is 5.95. The number of carbonyl (C=O) groups is 1. The highest BCUT2D eigenvalue weighted by Gasteiger charge is 2.25. The average Bonchev–Trinajstić information content (AvgIpc) is 2.31. The third-order valence-electron chi connectivity index (χ3n) is 3.59. The molecular weight excluding hydrogens is 304 g/mol. The van der Waals surface area contributed by atoms with Gasteiger partial charge in [-0.2, -0.15) is 0 Å². The van der Waals surface area contributed by atoms with Gasteiger partial charge in [0.05, 0.1) is 0 Å². The molecule has 3 nitrogen and oxygen atoms in total. The van der Waals surface area contributed by atoms with Crippen molar-refractivity contribution in [2.45, 2.75) is 27.2 Å². The summed E-state index contributed by atoms with van der Waals surface area (Å²) < 4.78 is 1.03. The van der Waals surface area contributed by atoms with Crippen LogP contribution in [0.1, 0.15) is 25.8 Å². The predicted octanol–water partition coefficient (Wildman–Crippen LogP) is 4.27. The topological polar surface area (TPSA) is 32.3 Å². The first-order valence-electron chi connectivity index (χ1n) is 6.77. The van der Waals surface area contributed by atoms with Crippen LogP contribution in [0.2, 0.25) is 0 Å². The maximum Gasteiger partial charge on any atom is 0.321 e. The average molecular weight is 325 g/mol. The van der Waals surface area contributed by atoms with Crippen LogP contribution in [0.4, 0.5) is 10.5 Å². The van der Waals surface area contributed by atoms with Crippen molar-refractivity contribution < 1.29 is 4.79 Å². The minimum Gasteiger partial charge on any atom is -0.324 e. The number of carbonyl (C=O) groups excluding carboxylic acids is 1. The van der Waals surface area contributed by atoms with E-state index in [0.717, 1.165) is 28.8 Å². The maximum atomic E-state index is 12.3. The Morgan fingerprint density at radius 3 is 2.53 bits per heavy atom. The molecule has 0 saturated carbocycles. The number of urea groups is 1. The molecule has 1 aromatic carbocycles. The number of nitrogens with zero attached hydrogens (tertiary/aromatic N) is 1. The Bertz CT molecular complexity index is 465. The minimum absolute atomic E-state index is 0.0174. The predicted molar refractivity (Wildman–Crippen MR) is 82.4 cm³/mol. The number of likely N-dealkylation sites (tertiary alicyclic amines) is 1. The molecule has 2 atom stereocenters. The van der Waals surface area contributed by atoms with Crippen LogP contribution in [0.3, 0.4) is 0 Å². The van der Waals surface area contributed by atoms with E-state index in [1.807, 2.05) is 30.0 Å². The highest BCUT2D eigenvalue weighted by atomic mass is 79.9. The summed E-state index contributed by atoms with van der Waals surface area (Å²) in [7, 11) is 0. The number of hydrogen-bond donors (Lipinski definition) is 1. The van der Waals surface area contributed by atoms with E-state index in [9.17, 15) is 4.79 Å². The normalized spacial score (nSPS) is 23.3. The van der Waals surface area contributed by atoms with Gasteiger partial charge in [-0.15, -0.1) is 0 Å². The third kappa shape index (κ3) is 3.72. The summed E-state index contributed by atoms with van der Waals surface area (Å²) >= 11 is 3.43. The van der Waals surface area contributed by atoms with Gasteiger partial charge in [0.1, 0.15) is 0 Å². The van der Waals surface area contributed by atoms with Crippen LogP contribution in [0.5, 0.6) is 0 Å². The fraction of sp³-hybridized carbons (Fsp3) is 0.533. The summed E-state index contributed by atoms with van der Waals surface area (Å²) in [5, 5.41) is 3.01. The molecule has 0 aliphatic carbocycles. The molecule has 2 rings (SSSR count). The van der Waals surface area contributed by atoms with Crippen LogP contribution >= 0.6 is 15.9 Å². The molecular formula is C15H21BrN2O. The molecule has 1 aliphatic heterocycles. The quantitative estimate of drug-likeness (QED) is 0.822. The standard InChI is InChI=1S/C15H21BrN2O/c1-10-6-11(2)9-18(8-10)15(19)17-14-5-4-13(16)7-12(14)3/h4-5,7,10-11H,6,8-9H2,1-3H3,(H,17,19)/t10-,11-/m1/s1. The zero-order chi connectivity index (χ0) is 14.0. The highest BCUT2D eigenvalue weighted by molar-refractivity contribution is 9.10. The molecule has 0 unspecified atom stereocenters. The van der Waals surface area contributed by atoms with Gasteiger partial charge in [0.2, 0.25) is 0 Å². The SMILES string of the molecule is Cc1cc(Br)ccc1NC(=O)N1C[C@H](C)C[C@@H](C)C1. The number of hydrogen-bond acceptors (Lipinski definition) is 1. The van der Waals surface area contributed by atoms with Crippen LogP contribution < -0.4 is 5.32 Å². The zero-order valence-corrected chi connectivity index (χ0v) is 13.3. The molecule has 2 amide bonds. The summed E-state index contributed by atoms with van der Waals surface area (Å²) in [6.45, 7) is 8.13. The molecule has 0 bridgehead atoms. The van der Waals surface area contributed by atoms with Crippen molar-refractivity contribution in [3.63, 3.8) is 0 Å². The van der Waals surface area contributed by atoms with Gasteiger partial charge in [-0.3, -0.25) is 0 Å². The van der Waals surface area contributed by atoms with Crippen molar-refractivity contribution in [3.05, 3.63) is 28.2 Å². The first-order chi connectivity index (χ1) is 8.95. The summed E-state index contributed by atoms with van der Waals surface area (Å²) in [6, 6.07) is 5.92. The number of halogens is 1. The Hall–Kier alpha value is -1.03. The number of anilines is 1. The molecule has 104 valence electrons. The van der Waals surface area contributed by atoms with E-state index in [2.05, 4.69) is 35.1 Å². The molecule has 1 heterocycles. The van der Waals surface area contributed by atoms with E-state index in [1.54, 1.807) is 0 Å². The lowest BCUT2D eigenvalue weighted by atomic mass is 9.92. The molecule has 1 N–H and O–H groups in total. The summed E-state index contributed by atoms with van der Waals surface area (Å²) in [4.78, 5) is 14.2. The first-order valence-corrected chi connectivity index (χ1v) is 7.57. The van der Waals surface area contributed by atoms with Crippen LogP contribution in [0.25, 0.3) is 0 Å². The minimum atomic E-state index is 0.0174. The Balaban J connectivity index is 2.04. The number of piperidine rings is 1. The molecule has 0 radical (unpaired) electrons. The summed E-state index contributed by atoms with van der Waals surface area (Å²) in [5.41, 5.74) is 1.96. The molecule has 1 aromatic rings. The Morgan fingerprint density at radius 2 is 1.95 bits per heavy atom. The number of amides is 2. The van der Waals surface area contributed by atoms with Gasteiger partial charge in [-0.05, 0) is 48.9 Å². The number of rotatable bonds is 1. The molecule has 4 heteroatoms. The fourth-order valence-corrected chi connectivity index (χ4v) is 3.27. The third-order valence-corrected chi connectivity index (χ3v) is 4.08. The van der Waals surface area contributed by atoms with Crippen LogP contribution in [-0.2, 0) is 0 Å². The van der Waals surface area contributed by atoms with Gasteiger partial charge in [-0.1, -0.05) is 29.8 Å². The number of nitrogens with one attached hydrogen (secondary N) is 1. The highest BCUT2D eigenvalue weighted by Crippen LogP contribution is 2.23. The van der Waals surface area contributed by atoms with Crippen molar-refractivity contribution in [3.8, 4) is 0 Å². The Labute approximate surface area is 123 Å². The van der Waals surface area contributed by atoms with Crippen molar-refractivity contribution in [2.75, 3.05) is 18.4 Å². The van der Waals surface area contributed by atoms with Crippen LogP contribution in [0.15, 0.2) is 22.7 Å². The maximum absolute atomic E-state index is 12.3. The van der Waals surface area contributed by atoms with E-state index in [0.29, 0.717) is 11.8 Å². The van der Waals surface area contributed by atoms with Gasteiger partial charge >= 0.3 is 6.03 Å². The van der Waals surface area contributed by atoms with E-state index < -0.39 is 0 Å². The fourth-order valence-electron chi connectivity index (χ4n) is 2.79. The van der Waals surface area contributed by atoms with Crippen molar-refractivity contribution in [1.82, 2.24) is 4.90 Å². The largest absolute Gasteiger partial charge is 0.324 e. The lowest BCUT2D eigenvalue weighted by Crippen LogP contribution is -2.44. The Morgan fingerprint density at radius 1 is 1.32 bits per heavy atom. The van der Waals surface area contributed by atoms with E-state index in [4.69, 9.17) is 0 Å². The lowest BCUT2D eigenvalue weighted by Gasteiger charge is -2.35. The monoisotopic (exact) mass is 324 g/mol. The molecule has 1 saturated heterocycles. The first kappa shape index (κ1) is 14.4. The second-order valence-electron chi connectivity index (χ2n) is 5.74. The van der Waals surface area contributed by atoms with E-state index in [1.165, 1.54) is 6.42 Å². The summed E-state index contributed by atoms with van der Waals surface area (Å²) in [6.07, 6.45) is 1.21. The lowest BCUT2D eigenvalue weighted by molar-refractivity contribution is 0.156. The van der Waals surface area contributed by atoms with Gasteiger partial charge in [0, 0.05) is 23.2 Å². The smallest absolute Gasteiger partial charge is 0.321 e. The number of aryl methyl sites for hydroxylation is 1. The molecule has 0 spiro atoms. The van der Waals surface area contributed by atoms with Crippen molar-refractivity contribution in [2.24, 2.45) is 11.8 Å². The molecule has 0 aromatic heterocycles. The number of benzene rings is 1. The van der Waals surface area contributed by atoms with Crippen LogP contribution in [0, 0.1) is 18.8 Å². The van der Waals surface area contributed by atoms with Crippen molar-refractivity contribution >= 4 is 27.6 Å². The zero-order valence-electron chi connectivity index (χ0n) is 11.7. The van der Waals surface area contributed by atoms with Gasteiger partial charge in [0.25, 0.3) is 0 Å². The van der Waals surface area contributed by atoms with Crippen molar-refractivity contribution in [1.29, 1.82) is 0 Å². The summed E-state index contributed by atoms with van der Waals surface area (Å²) in [5.74, 6) is 1.17. The van der Waals surface area contributed by atoms with E-state index >= 15 is 0 Å². The van der Waals surface area contributed by atoms with E-state index in [-0.39, 0.29) is 6.03 Å². The van der Waals surface area contributed by atoms with Crippen LogP contribution in [-0.4, -0.2) is 24.0 Å². The molecule has 1 aliphatic rings.